The van der Waals surface area contributed by atoms with Crippen LogP contribution in [0.2, 0.25) is 0 Å². The number of nitrogens with two attached hydrogens (primary N) is 1. The lowest BCUT2D eigenvalue weighted by molar-refractivity contribution is -0.151. The van der Waals surface area contributed by atoms with Crippen molar-refractivity contribution in [1.29, 1.82) is 0 Å². The maximum absolute atomic E-state index is 12.7. The highest BCUT2D eigenvalue weighted by atomic mass is 16.5. The van der Waals surface area contributed by atoms with Gasteiger partial charge in [0.2, 0.25) is 11.8 Å². The molecule has 1 aliphatic heterocycles. The third-order valence-corrected chi connectivity index (χ3v) is 5.73. The molecule has 0 bridgehead atoms. The van der Waals surface area contributed by atoms with Crippen LogP contribution in [0.1, 0.15) is 36.8 Å². The van der Waals surface area contributed by atoms with E-state index in [4.69, 9.17) is 10.5 Å². The molecule has 1 atom stereocenters. The molecule has 1 aromatic rings. The van der Waals surface area contributed by atoms with E-state index in [1.807, 2.05) is 24.3 Å². The number of nitrogens with one attached hydrogen (secondary N) is 1. The summed E-state index contributed by atoms with van der Waals surface area (Å²) in [5.41, 5.74) is 6.17. The highest BCUT2D eigenvalue weighted by molar-refractivity contribution is 5.87. The van der Waals surface area contributed by atoms with Crippen molar-refractivity contribution in [2.45, 2.75) is 44.6 Å². The molecule has 0 aromatic heterocycles. The fourth-order valence-electron chi connectivity index (χ4n) is 4.28. The van der Waals surface area contributed by atoms with E-state index in [-0.39, 0.29) is 30.7 Å². The maximum atomic E-state index is 12.7. The Bertz CT molecular complexity index is 702. The van der Waals surface area contributed by atoms with Crippen molar-refractivity contribution in [2.24, 2.45) is 17.1 Å². The van der Waals surface area contributed by atoms with Crippen LogP contribution < -0.4 is 11.1 Å². The number of carboxylic acids is 1. The van der Waals surface area contributed by atoms with Crippen molar-refractivity contribution < 1.29 is 24.2 Å². The van der Waals surface area contributed by atoms with Crippen LogP contribution in [0.4, 0.5) is 0 Å². The summed E-state index contributed by atoms with van der Waals surface area (Å²) in [6, 6.07) is 7.20. The molecule has 27 heavy (non-hydrogen) atoms. The number of ether oxygens (including phenoxy) is 1. The van der Waals surface area contributed by atoms with Crippen LogP contribution in [0.15, 0.2) is 24.3 Å². The molecule has 0 radical (unpaired) electrons. The molecule has 4 N–H and O–H groups in total. The second-order valence-electron chi connectivity index (χ2n) is 7.68. The van der Waals surface area contributed by atoms with Gasteiger partial charge in [-0.3, -0.25) is 14.4 Å². The Morgan fingerprint density at radius 1 is 1.19 bits per heavy atom. The first-order valence-corrected chi connectivity index (χ1v) is 9.35. The quantitative estimate of drug-likeness (QED) is 0.659. The Hall–Kier alpha value is -2.41. The number of hydrogen-bond donors (Lipinski definition) is 3. The number of rotatable bonds is 7. The number of amides is 2. The minimum Gasteiger partial charge on any atom is -0.481 e. The molecule has 2 amide bonds. The molecule has 7 nitrogen and oxygen atoms in total. The van der Waals surface area contributed by atoms with E-state index >= 15 is 0 Å². The fraction of sp³-hybridized carbons (Fsp3) is 0.550. The van der Waals surface area contributed by atoms with Crippen LogP contribution in [-0.2, 0) is 32.0 Å². The summed E-state index contributed by atoms with van der Waals surface area (Å²) in [6.07, 6.45) is 2.10. The van der Waals surface area contributed by atoms with Gasteiger partial charge in [-0.2, -0.15) is 0 Å². The lowest BCUT2D eigenvalue weighted by atomic mass is 9.80. The summed E-state index contributed by atoms with van der Waals surface area (Å²) in [5.74, 6) is -1.68. The SMILES string of the molecule is NC(=O)CC(NC(=O)CC1(C(=O)O)Cc2ccccc2C1)C1CCOCC1. The second kappa shape index (κ2) is 8.08. The largest absolute Gasteiger partial charge is 0.481 e. The summed E-state index contributed by atoms with van der Waals surface area (Å²) in [5, 5.41) is 12.7. The average molecular weight is 374 g/mol. The Balaban J connectivity index is 1.70. The molecule has 0 saturated carbocycles. The van der Waals surface area contributed by atoms with Crippen LogP contribution >= 0.6 is 0 Å². The van der Waals surface area contributed by atoms with Gasteiger partial charge >= 0.3 is 5.97 Å². The summed E-state index contributed by atoms with van der Waals surface area (Å²) < 4.78 is 5.34. The van der Waals surface area contributed by atoms with E-state index in [1.54, 1.807) is 0 Å². The predicted molar refractivity (Wildman–Crippen MR) is 97.8 cm³/mol. The molecule has 1 aromatic carbocycles. The zero-order valence-electron chi connectivity index (χ0n) is 15.3. The molecule has 1 aliphatic carbocycles. The van der Waals surface area contributed by atoms with E-state index in [1.165, 1.54) is 0 Å². The van der Waals surface area contributed by atoms with Gasteiger partial charge in [0.05, 0.1) is 5.41 Å². The van der Waals surface area contributed by atoms with E-state index in [0.717, 1.165) is 24.0 Å². The number of aliphatic carboxylic acids is 1. The molecule has 1 unspecified atom stereocenters. The van der Waals surface area contributed by atoms with Gasteiger partial charge in [0.1, 0.15) is 0 Å². The van der Waals surface area contributed by atoms with Crippen LogP contribution in [0.25, 0.3) is 0 Å². The second-order valence-corrected chi connectivity index (χ2v) is 7.68. The molecule has 146 valence electrons. The third-order valence-electron chi connectivity index (χ3n) is 5.73. The molecule has 2 aliphatic rings. The molecular formula is C20H26N2O5. The molecule has 7 heteroatoms. The minimum atomic E-state index is -1.14. The summed E-state index contributed by atoms with van der Waals surface area (Å²) in [7, 11) is 0. The van der Waals surface area contributed by atoms with Gasteiger partial charge in [0.15, 0.2) is 0 Å². The first-order valence-electron chi connectivity index (χ1n) is 9.35. The van der Waals surface area contributed by atoms with Crippen molar-refractivity contribution >= 4 is 17.8 Å². The summed E-state index contributed by atoms with van der Waals surface area (Å²) in [6.45, 7) is 1.17. The lowest BCUT2D eigenvalue weighted by Crippen LogP contribution is -2.47. The Morgan fingerprint density at radius 2 is 1.78 bits per heavy atom. The fourth-order valence-corrected chi connectivity index (χ4v) is 4.28. The van der Waals surface area contributed by atoms with Crippen LogP contribution in [0, 0.1) is 11.3 Å². The van der Waals surface area contributed by atoms with Crippen molar-refractivity contribution in [3.8, 4) is 0 Å². The van der Waals surface area contributed by atoms with Crippen LogP contribution in [-0.4, -0.2) is 42.1 Å². The van der Waals surface area contributed by atoms with Gasteiger partial charge < -0.3 is 20.9 Å². The highest BCUT2D eigenvalue weighted by Crippen LogP contribution is 2.40. The number of benzene rings is 1. The van der Waals surface area contributed by atoms with Gasteiger partial charge in [-0.25, -0.2) is 0 Å². The van der Waals surface area contributed by atoms with E-state index < -0.39 is 17.3 Å². The number of primary amides is 1. The van der Waals surface area contributed by atoms with Gasteiger partial charge in [-0.05, 0) is 42.7 Å². The molecule has 1 saturated heterocycles. The smallest absolute Gasteiger partial charge is 0.310 e. The highest BCUT2D eigenvalue weighted by Gasteiger charge is 2.46. The number of carbonyl (C=O) groups is 3. The van der Waals surface area contributed by atoms with E-state index in [9.17, 15) is 19.5 Å². The zero-order valence-corrected chi connectivity index (χ0v) is 15.3. The number of carbonyl (C=O) groups excluding carboxylic acids is 2. The Morgan fingerprint density at radius 3 is 2.30 bits per heavy atom. The Kier molecular flexibility index (Phi) is 5.79. The average Bonchev–Trinajstić information content (AvgIpc) is 3.01. The van der Waals surface area contributed by atoms with Gasteiger partial charge in [0.25, 0.3) is 0 Å². The van der Waals surface area contributed by atoms with Gasteiger partial charge in [-0.15, -0.1) is 0 Å². The lowest BCUT2D eigenvalue weighted by Gasteiger charge is -2.31. The molecule has 1 heterocycles. The normalized spacial score (nSPS) is 19.9. The standard InChI is InChI=1S/C20H26N2O5/c21-17(23)9-16(13-5-7-27-8-6-13)22-18(24)12-20(19(25)26)10-14-3-1-2-4-15(14)11-20/h1-4,13,16H,5-12H2,(H2,21,23)(H,22,24)(H,25,26). The number of hydrogen-bond acceptors (Lipinski definition) is 4. The molecule has 3 rings (SSSR count). The van der Waals surface area contributed by atoms with Gasteiger partial charge in [-0.1, -0.05) is 24.3 Å². The van der Waals surface area contributed by atoms with Crippen molar-refractivity contribution in [3.05, 3.63) is 35.4 Å². The van der Waals surface area contributed by atoms with Gasteiger partial charge in [0, 0.05) is 32.1 Å². The monoisotopic (exact) mass is 374 g/mol. The molecule has 1 fully saturated rings. The summed E-state index contributed by atoms with van der Waals surface area (Å²) in [4.78, 5) is 36.2. The Labute approximate surface area is 158 Å². The number of carboxylic acid groups (broad SMARTS) is 1. The molecule has 0 spiro atoms. The van der Waals surface area contributed by atoms with Crippen LogP contribution in [0.3, 0.4) is 0 Å². The predicted octanol–water partition coefficient (Wildman–Crippen LogP) is 1.03. The zero-order chi connectivity index (χ0) is 19.4. The van der Waals surface area contributed by atoms with Crippen molar-refractivity contribution in [3.63, 3.8) is 0 Å². The van der Waals surface area contributed by atoms with Crippen LogP contribution in [0.5, 0.6) is 0 Å². The van der Waals surface area contributed by atoms with E-state index in [0.29, 0.717) is 26.1 Å². The molecular weight excluding hydrogens is 348 g/mol. The summed E-state index contributed by atoms with van der Waals surface area (Å²) >= 11 is 0. The van der Waals surface area contributed by atoms with Crippen molar-refractivity contribution in [1.82, 2.24) is 5.32 Å². The first-order chi connectivity index (χ1) is 12.9. The van der Waals surface area contributed by atoms with E-state index in [2.05, 4.69) is 5.32 Å². The first kappa shape index (κ1) is 19.4. The topological polar surface area (TPSA) is 119 Å². The number of fused-ring (bicyclic) bond motifs is 1. The minimum absolute atomic E-state index is 0.0523. The van der Waals surface area contributed by atoms with Crippen molar-refractivity contribution in [2.75, 3.05) is 13.2 Å². The third kappa shape index (κ3) is 4.47. The maximum Gasteiger partial charge on any atom is 0.310 e.